The van der Waals surface area contributed by atoms with Gasteiger partial charge < -0.3 is 5.11 Å². The first-order chi connectivity index (χ1) is 9.20. The molecule has 4 aliphatic carbocycles. The van der Waals surface area contributed by atoms with Crippen molar-refractivity contribution in [2.75, 3.05) is 0 Å². The molecule has 0 aliphatic heterocycles. The Labute approximate surface area is 117 Å². The highest BCUT2D eigenvalue weighted by molar-refractivity contribution is 5.24. The van der Waals surface area contributed by atoms with Gasteiger partial charge in [-0.1, -0.05) is 31.4 Å². The molecule has 1 unspecified atom stereocenters. The number of hydrogen-bond donors (Lipinski definition) is 1. The summed E-state index contributed by atoms with van der Waals surface area (Å²) in [5, 5.41) is 10.4. The number of aliphatic hydroxyl groups is 1. The fourth-order valence-electron chi connectivity index (χ4n) is 6.09. The zero-order chi connectivity index (χ0) is 13.0. The van der Waals surface area contributed by atoms with E-state index in [1.54, 1.807) is 0 Å². The lowest BCUT2D eigenvalue weighted by Gasteiger charge is -2.50. The van der Waals surface area contributed by atoms with Crippen LogP contribution in [0.2, 0.25) is 0 Å². The zero-order valence-corrected chi connectivity index (χ0v) is 12.3. The Morgan fingerprint density at radius 1 is 1.00 bits per heavy atom. The second-order valence-corrected chi connectivity index (χ2v) is 7.95. The lowest BCUT2D eigenvalue weighted by Crippen LogP contribution is -2.43. The maximum atomic E-state index is 10.4. The first-order valence-corrected chi connectivity index (χ1v) is 8.58. The van der Waals surface area contributed by atoms with E-state index in [9.17, 15) is 5.11 Å². The van der Waals surface area contributed by atoms with E-state index in [0.717, 1.165) is 36.5 Å². The smallest absolute Gasteiger partial charge is 0.0599 e. The minimum Gasteiger partial charge on any atom is -0.393 e. The van der Waals surface area contributed by atoms with Crippen molar-refractivity contribution >= 4 is 0 Å². The quantitative estimate of drug-likeness (QED) is 0.643. The van der Waals surface area contributed by atoms with Gasteiger partial charge in [-0.25, -0.2) is 0 Å². The van der Waals surface area contributed by atoms with Crippen LogP contribution in [0.1, 0.15) is 64.7 Å². The molecule has 0 radical (unpaired) electrons. The van der Waals surface area contributed by atoms with Crippen molar-refractivity contribution in [1.82, 2.24) is 0 Å². The Balaban J connectivity index is 1.66. The molecule has 106 valence electrons. The van der Waals surface area contributed by atoms with Gasteiger partial charge in [-0.05, 0) is 68.6 Å². The predicted octanol–water partition coefficient (Wildman–Crippen LogP) is 4.31. The minimum atomic E-state index is -0.0422. The highest BCUT2D eigenvalue weighted by Crippen LogP contribution is 2.60. The number of hydrogen-bond acceptors (Lipinski definition) is 1. The zero-order valence-electron chi connectivity index (χ0n) is 12.3. The van der Waals surface area contributed by atoms with E-state index >= 15 is 0 Å². The van der Waals surface area contributed by atoms with Gasteiger partial charge in [0.2, 0.25) is 0 Å². The normalized spacial score (nSPS) is 52.9. The van der Waals surface area contributed by atoms with Crippen molar-refractivity contribution in [2.45, 2.75) is 70.8 Å². The van der Waals surface area contributed by atoms with Crippen molar-refractivity contribution in [2.24, 2.45) is 29.1 Å². The average molecular weight is 260 g/mol. The Hall–Kier alpha value is -0.300. The van der Waals surface area contributed by atoms with Crippen LogP contribution in [0.5, 0.6) is 0 Å². The van der Waals surface area contributed by atoms with Gasteiger partial charge in [0.15, 0.2) is 0 Å². The SMILES string of the molecule is C[C@]12CC=C3[C@H]4CCCCC4CC[C@H]3[C@@H]1CC[C@@H]2O. The molecule has 1 N–H and O–H groups in total. The number of allylic oxidation sites excluding steroid dienone is 2. The van der Waals surface area contributed by atoms with Crippen LogP contribution in [-0.4, -0.2) is 11.2 Å². The van der Waals surface area contributed by atoms with E-state index in [0.29, 0.717) is 0 Å². The molecule has 3 fully saturated rings. The molecule has 19 heavy (non-hydrogen) atoms. The molecule has 0 aromatic rings. The number of fused-ring (bicyclic) bond motifs is 5. The Bertz CT molecular complexity index is 398. The Morgan fingerprint density at radius 2 is 1.84 bits per heavy atom. The summed E-state index contributed by atoms with van der Waals surface area (Å²) < 4.78 is 0. The van der Waals surface area contributed by atoms with E-state index < -0.39 is 0 Å². The van der Waals surface area contributed by atoms with Crippen LogP contribution in [-0.2, 0) is 0 Å². The molecular formula is C18H28O. The molecule has 3 saturated carbocycles. The Morgan fingerprint density at radius 3 is 2.74 bits per heavy atom. The minimum absolute atomic E-state index is 0.0422. The molecule has 6 atom stereocenters. The monoisotopic (exact) mass is 260 g/mol. The predicted molar refractivity (Wildman–Crippen MR) is 77.7 cm³/mol. The average Bonchev–Trinajstić information content (AvgIpc) is 2.75. The van der Waals surface area contributed by atoms with Crippen LogP contribution in [0.4, 0.5) is 0 Å². The van der Waals surface area contributed by atoms with Gasteiger partial charge in [0, 0.05) is 5.41 Å². The van der Waals surface area contributed by atoms with Crippen molar-refractivity contribution < 1.29 is 5.11 Å². The first kappa shape index (κ1) is 12.4. The van der Waals surface area contributed by atoms with E-state index in [1.807, 2.05) is 5.57 Å². The van der Waals surface area contributed by atoms with Crippen LogP contribution >= 0.6 is 0 Å². The van der Waals surface area contributed by atoms with Crippen LogP contribution in [0.15, 0.2) is 11.6 Å². The fraction of sp³-hybridized carbons (Fsp3) is 0.889. The van der Waals surface area contributed by atoms with Crippen molar-refractivity contribution in [3.8, 4) is 0 Å². The van der Waals surface area contributed by atoms with Crippen LogP contribution in [0.25, 0.3) is 0 Å². The molecule has 0 bridgehead atoms. The third-order valence-corrected chi connectivity index (χ3v) is 7.24. The van der Waals surface area contributed by atoms with E-state index in [1.165, 1.54) is 44.9 Å². The van der Waals surface area contributed by atoms with Crippen molar-refractivity contribution in [1.29, 1.82) is 0 Å². The second kappa shape index (κ2) is 4.35. The van der Waals surface area contributed by atoms with Crippen molar-refractivity contribution in [3.05, 3.63) is 11.6 Å². The van der Waals surface area contributed by atoms with Gasteiger partial charge in [0.25, 0.3) is 0 Å². The van der Waals surface area contributed by atoms with Crippen LogP contribution in [0.3, 0.4) is 0 Å². The van der Waals surface area contributed by atoms with Gasteiger partial charge in [-0.15, -0.1) is 0 Å². The molecule has 0 heterocycles. The highest BCUT2D eigenvalue weighted by atomic mass is 16.3. The van der Waals surface area contributed by atoms with Gasteiger partial charge >= 0.3 is 0 Å². The molecule has 0 aromatic carbocycles. The molecule has 4 rings (SSSR count). The molecule has 0 spiro atoms. The standard InChI is InChI=1S/C18H28O/c1-18-11-10-14-13-5-3-2-4-12(13)6-7-15(14)16(18)8-9-17(18)19/h10,12-13,15-17,19H,2-9,11H2,1H3/t12?,13-,15+,16-,17-,18-/m0/s1. The molecular weight excluding hydrogens is 232 g/mol. The summed E-state index contributed by atoms with van der Waals surface area (Å²) in [6, 6.07) is 0. The third-order valence-electron chi connectivity index (χ3n) is 7.24. The number of aliphatic hydroxyl groups excluding tert-OH is 1. The van der Waals surface area contributed by atoms with E-state index in [-0.39, 0.29) is 11.5 Å². The first-order valence-electron chi connectivity index (χ1n) is 8.58. The van der Waals surface area contributed by atoms with Crippen molar-refractivity contribution in [3.63, 3.8) is 0 Å². The van der Waals surface area contributed by atoms with E-state index in [2.05, 4.69) is 13.0 Å². The summed E-state index contributed by atoms with van der Waals surface area (Å²) in [5.74, 6) is 3.54. The summed E-state index contributed by atoms with van der Waals surface area (Å²) >= 11 is 0. The molecule has 0 aromatic heterocycles. The second-order valence-electron chi connectivity index (χ2n) is 7.95. The summed E-state index contributed by atoms with van der Waals surface area (Å²) in [6.07, 6.45) is 14.8. The van der Waals surface area contributed by atoms with Gasteiger partial charge in [0.1, 0.15) is 0 Å². The van der Waals surface area contributed by atoms with Gasteiger partial charge in [-0.3, -0.25) is 0 Å². The third kappa shape index (κ3) is 1.70. The molecule has 1 heteroatoms. The molecule has 4 aliphatic rings. The van der Waals surface area contributed by atoms with Crippen LogP contribution in [0, 0.1) is 29.1 Å². The molecule has 0 amide bonds. The number of rotatable bonds is 0. The topological polar surface area (TPSA) is 20.2 Å². The molecule has 1 nitrogen and oxygen atoms in total. The maximum absolute atomic E-state index is 10.4. The highest BCUT2D eigenvalue weighted by Gasteiger charge is 2.53. The van der Waals surface area contributed by atoms with Crippen LogP contribution < -0.4 is 0 Å². The summed E-state index contributed by atoms with van der Waals surface area (Å²) in [7, 11) is 0. The van der Waals surface area contributed by atoms with Gasteiger partial charge in [0.05, 0.1) is 6.10 Å². The molecule has 0 saturated heterocycles. The summed E-state index contributed by atoms with van der Waals surface area (Å²) in [4.78, 5) is 0. The fourth-order valence-corrected chi connectivity index (χ4v) is 6.09. The largest absolute Gasteiger partial charge is 0.393 e. The maximum Gasteiger partial charge on any atom is 0.0599 e. The lowest BCUT2D eigenvalue weighted by molar-refractivity contribution is 0.00819. The summed E-state index contributed by atoms with van der Waals surface area (Å²) in [6.45, 7) is 2.36. The summed E-state index contributed by atoms with van der Waals surface area (Å²) in [5.41, 5.74) is 2.04. The Kier molecular flexibility index (Phi) is 2.85. The van der Waals surface area contributed by atoms with E-state index in [4.69, 9.17) is 0 Å². The lowest BCUT2D eigenvalue weighted by atomic mass is 9.55. The van der Waals surface area contributed by atoms with Gasteiger partial charge in [-0.2, -0.15) is 0 Å².